The van der Waals surface area contributed by atoms with Crippen LogP contribution >= 0.6 is 43.5 Å². The van der Waals surface area contributed by atoms with Gasteiger partial charge in [0.2, 0.25) is 0 Å². The maximum Gasteiger partial charge on any atom is 0.262 e. The van der Waals surface area contributed by atoms with E-state index in [4.69, 9.17) is 16.3 Å². The van der Waals surface area contributed by atoms with Gasteiger partial charge in [0, 0.05) is 47.8 Å². The first-order valence-corrected chi connectivity index (χ1v) is 16.6. The third-order valence-electron chi connectivity index (χ3n) is 8.32. The van der Waals surface area contributed by atoms with E-state index in [9.17, 15) is 14.4 Å². The highest BCUT2D eigenvalue weighted by Crippen LogP contribution is 2.55. The van der Waals surface area contributed by atoms with Crippen LogP contribution in [0.5, 0.6) is 5.75 Å². The molecule has 2 aliphatic carbocycles. The minimum Gasteiger partial charge on any atom is -0.481 e. The monoisotopic (exact) mass is 730 g/mol. The number of ketones is 2. The van der Waals surface area contributed by atoms with E-state index < -0.39 is 5.92 Å². The first-order chi connectivity index (χ1) is 20.2. The molecule has 1 heterocycles. The number of halogens is 3. The maximum absolute atomic E-state index is 14.0. The molecule has 0 aromatic heterocycles. The number of nitrogens with one attached hydrogen (secondary N) is 1. The van der Waals surface area contributed by atoms with E-state index in [1.807, 2.05) is 12.1 Å². The third kappa shape index (κ3) is 6.52. The second-order valence-electron chi connectivity index (χ2n) is 13.3. The molecular formula is C34H37Br2ClN2O4. The Bertz CT molecular complexity index is 1500. The number of allylic oxidation sites excluding steroid dienone is 4. The number of anilines is 1. The van der Waals surface area contributed by atoms with Crippen molar-refractivity contribution in [3.63, 3.8) is 0 Å². The first-order valence-electron chi connectivity index (χ1n) is 14.7. The molecule has 0 unspecified atom stereocenters. The lowest BCUT2D eigenvalue weighted by Gasteiger charge is -2.49. The van der Waals surface area contributed by atoms with E-state index in [-0.39, 0.29) is 34.9 Å². The number of para-hydroxylation sites is 1. The molecule has 2 aromatic rings. The van der Waals surface area contributed by atoms with E-state index in [1.165, 1.54) is 0 Å². The predicted octanol–water partition coefficient (Wildman–Crippen LogP) is 8.98. The molecule has 0 bridgehead atoms. The summed E-state index contributed by atoms with van der Waals surface area (Å²) in [6, 6.07) is 10.8. The second kappa shape index (κ2) is 12.2. The summed E-state index contributed by atoms with van der Waals surface area (Å²) in [7, 11) is 0. The van der Waals surface area contributed by atoms with Gasteiger partial charge in [0.1, 0.15) is 5.75 Å². The highest BCUT2D eigenvalue weighted by atomic mass is 79.9. The molecule has 43 heavy (non-hydrogen) atoms. The number of carbonyl (C=O) groups excluding carboxylic acids is 3. The fourth-order valence-electron chi connectivity index (χ4n) is 6.65. The van der Waals surface area contributed by atoms with E-state index in [0.717, 1.165) is 53.9 Å². The average molecular weight is 733 g/mol. The van der Waals surface area contributed by atoms with Crippen LogP contribution in [0.3, 0.4) is 0 Å². The molecule has 1 aliphatic heterocycles. The summed E-state index contributed by atoms with van der Waals surface area (Å²) < 4.78 is 7.17. The molecule has 9 heteroatoms. The minimum absolute atomic E-state index is 0.102. The molecule has 0 fully saturated rings. The highest BCUT2D eigenvalue weighted by Gasteiger charge is 2.49. The molecule has 6 nitrogen and oxygen atoms in total. The number of hydrogen-bond donors (Lipinski definition) is 1. The zero-order chi connectivity index (χ0) is 31.3. The third-order valence-corrected chi connectivity index (χ3v) is 9.83. The van der Waals surface area contributed by atoms with Crippen molar-refractivity contribution in [2.24, 2.45) is 10.8 Å². The van der Waals surface area contributed by atoms with Crippen molar-refractivity contribution in [2.45, 2.75) is 72.6 Å². The normalized spacial score (nSPS) is 19.8. The molecule has 2 aromatic carbocycles. The van der Waals surface area contributed by atoms with Crippen molar-refractivity contribution >= 4 is 66.6 Å². The smallest absolute Gasteiger partial charge is 0.262 e. The number of benzene rings is 2. The quantitative estimate of drug-likeness (QED) is 0.308. The summed E-state index contributed by atoms with van der Waals surface area (Å²) in [6.45, 7) is 11.3. The van der Waals surface area contributed by atoms with Gasteiger partial charge in [0.15, 0.2) is 18.2 Å². The molecule has 0 saturated heterocycles. The first kappa shape index (κ1) is 32.0. The maximum atomic E-state index is 14.0. The standard InChI is InChI=1S/C34H37Br2ClN2O4/c1-6-11-39-24-14-33(2,3)16-26(40)30(24)29(31-25(39)15-34(4,5)17-27(31)41)19-12-20(35)32(21(36)13-19)43-18-28(42)38-23-10-8-7-9-22(23)37/h7-10,12-13,29H,6,11,14-18H2,1-5H3,(H,38,42). The summed E-state index contributed by atoms with van der Waals surface area (Å²) in [4.78, 5) is 42.8. The molecular weight excluding hydrogens is 696 g/mol. The topological polar surface area (TPSA) is 75.7 Å². The van der Waals surface area contributed by atoms with Gasteiger partial charge in [-0.15, -0.1) is 0 Å². The molecule has 0 atom stereocenters. The van der Waals surface area contributed by atoms with Crippen molar-refractivity contribution in [1.82, 2.24) is 4.90 Å². The molecule has 3 aliphatic rings. The summed E-state index contributed by atoms with van der Waals surface area (Å²) >= 11 is 13.5. The minimum atomic E-state index is -0.463. The van der Waals surface area contributed by atoms with Gasteiger partial charge in [-0.1, -0.05) is 58.4 Å². The SMILES string of the molecule is CCCN1C2=C(C(=O)CC(C)(C)C2)C(c2cc(Br)c(OCC(=O)Nc3ccccc3Cl)c(Br)c2)C2=C1CC(C)(C)CC2=O. The molecule has 0 radical (unpaired) electrons. The Morgan fingerprint density at radius 1 is 0.953 bits per heavy atom. The van der Waals surface area contributed by atoms with Crippen LogP contribution < -0.4 is 10.1 Å². The van der Waals surface area contributed by atoms with E-state index in [1.54, 1.807) is 24.3 Å². The molecule has 0 saturated carbocycles. The Labute approximate surface area is 275 Å². The Morgan fingerprint density at radius 3 is 2.00 bits per heavy atom. The zero-order valence-corrected chi connectivity index (χ0v) is 29.1. The van der Waals surface area contributed by atoms with Crippen LogP contribution in [0.1, 0.15) is 78.2 Å². The number of hydrogen-bond acceptors (Lipinski definition) is 5. The number of carbonyl (C=O) groups is 3. The highest BCUT2D eigenvalue weighted by molar-refractivity contribution is 9.11. The van der Waals surface area contributed by atoms with Crippen LogP contribution in [0.15, 0.2) is 67.9 Å². The van der Waals surface area contributed by atoms with Crippen LogP contribution in [-0.2, 0) is 14.4 Å². The van der Waals surface area contributed by atoms with Gasteiger partial charge in [-0.2, -0.15) is 0 Å². The summed E-state index contributed by atoms with van der Waals surface area (Å²) in [5.41, 5.74) is 4.61. The Kier molecular flexibility index (Phi) is 9.05. The fraction of sp³-hybridized carbons (Fsp3) is 0.441. The Balaban J connectivity index is 1.54. The van der Waals surface area contributed by atoms with Crippen LogP contribution in [0.4, 0.5) is 5.69 Å². The van der Waals surface area contributed by atoms with E-state index >= 15 is 0 Å². The van der Waals surface area contributed by atoms with Gasteiger partial charge in [-0.25, -0.2) is 0 Å². The molecule has 0 spiro atoms. The Morgan fingerprint density at radius 2 is 1.49 bits per heavy atom. The second-order valence-corrected chi connectivity index (χ2v) is 15.4. The van der Waals surface area contributed by atoms with E-state index in [2.05, 4.69) is 76.7 Å². The lowest BCUT2D eigenvalue weighted by atomic mass is 9.63. The summed E-state index contributed by atoms with van der Waals surface area (Å²) in [5.74, 6) is -0.155. The molecule has 1 amide bonds. The van der Waals surface area contributed by atoms with Crippen LogP contribution in [0.2, 0.25) is 5.02 Å². The van der Waals surface area contributed by atoms with Crippen molar-refractivity contribution in [3.05, 3.63) is 78.5 Å². The van der Waals surface area contributed by atoms with Crippen molar-refractivity contribution in [2.75, 3.05) is 18.5 Å². The largest absolute Gasteiger partial charge is 0.481 e. The van der Waals surface area contributed by atoms with Gasteiger partial charge in [0.25, 0.3) is 5.91 Å². The van der Waals surface area contributed by atoms with Crippen LogP contribution in [0.25, 0.3) is 0 Å². The molecule has 5 rings (SSSR count). The van der Waals surface area contributed by atoms with E-state index in [0.29, 0.717) is 38.2 Å². The van der Waals surface area contributed by atoms with Gasteiger partial charge in [-0.05, 0) is 91.8 Å². The van der Waals surface area contributed by atoms with Crippen LogP contribution in [0, 0.1) is 10.8 Å². The van der Waals surface area contributed by atoms with Gasteiger partial charge in [-0.3, -0.25) is 14.4 Å². The van der Waals surface area contributed by atoms with Gasteiger partial charge < -0.3 is 15.0 Å². The number of Topliss-reactive ketones (excluding diaryl/α,β-unsaturated/α-hetero) is 2. The van der Waals surface area contributed by atoms with Crippen LogP contribution in [-0.4, -0.2) is 35.5 Å². The summed E-state index contributed by atoms with van der Waals surface area (Å²) in [5, 5.41) is 3.20. The molecule has 1 N–H and O–H groups in total. The summed E-state index contributed by atoms with van der Waals surface area (Å²) in [6.07, 6.45) is 3.35. The van der Waals surface area contributed by atoms with Crippen molar-refractivity contribution in [3.8, 4) is 5.75 Å². The number of ether oxygens (including phenoxy) is 1. The van der Waals surface area contributed by atoms with Gasteiger partial charge >= 0.3 is 0 Å². The number of amides is 1. The zero-order valence-electron chi connectivity index (χ0n) is 25.2. The van der Waals surface area contributed by atoms with Crippen molar-refractivity contribution < 1.29 is 19.1 Å². The number of rotatable bonds is 7. The predicted molar refractivity (Wildman–Crippen MR) is 177 cm³/mol. The average Bonchev–Trinajstić information content (AvgIpc) is 2.89. The van der Waals surface area contributed by atoms with Gasteiger partial charge in [0.05, 0.1) is 19.7 Å². The lowest BCUT2D eigenvalue weighted by Crippen LogP contribution is -2.44. The molecule has 228 valence electrons. The fourth-order valence-corrected chi connectivity index (χ4v) is 8.28. The number of nitrogens with zero attached hydrogens (tertiary/aromatic N) is 1. The lowest BCUT2D eigenvalue weighted by molar-refractivity contribution is -0.120. The Hall–Kier alpha value is -2.42. The van der Waals surface area contributed by atoms with Crippen molar-refractivity contribution in [1.29, 1.82) is 0 Å².